The summed E-state index contributed by atoms with van der Waals surface area (Å²) >= 11 is 0. The van der Waals surface area contributed by atoms with Crippen LogP contribution in [0.3, 0.4) is 0 Å². The smallest absolute Gasteiger partial charge is 0.271 e. The van der Waals surface area contributed by atoms with Gasteiger partial charge in [0.05, 0.1) is 10.9 Å². The van der Waals surface area contributed by atoms with Gasteiger partial charge in [0.25, 0.3) is 11.5 Å². The Morgan fingerprint density at radius 2 is 1.69 bits per heavy atom. The molecule has 236 valence electrons. The molecule has 4 aromatic rings. The number of hydrogen-bond donors (Lipinski definition) is 6. The SMILES string of the molecule is Cc1nc(C(=O)NC(C)C)ccc1-c1ccc(C[C@H](NC(=O)C2CCC(CN)CC2)C(=O)Nc2ccc3c(=O)[nH][nH]c3c2)cc1. The van der Waals surface area contributed by atoms with Gasteiger partial charge in [-0.05, 0) is 94.3 Å². The second kappa shape index (κ2) is 13.9. The minimum atomic E-state index is -0.821. The summed E-state index contributed by atoms with van der Waals surface area (Å²) in [5, 5.41) is 14.6. The van der Waals surface area contributed by atoms with E-state index in [0.717, 1.165) is 48.1 Å². The fraction of sp³-hybridized carbons (Fsp3) is 0.382. The largest absolute Gasteiger partial charge is 0.349 e. The first kappa shape index (κ1) is 31.6. The van der Waals surface area contributed by atoms with Crippen molar-refractivity contribution in [2.24, 2.45) is 17.6 Å². The lowest BCUT2D eigenvalue weighted by Crippen LogP contribution is -2.48. The normalized spacial score (nSPS) is 17.2. The number of carbonyl (C=O) groups excluding carboxylic acids is 3. The minimum absolute atomic E-state index is 0.0158. The Morgan fingerprint density at radius 3 is 2.36 bits per heavy atom. The Hall–Kier alpha value is -4.77. The quantitative estimate of drug-likeness (QED) is 0.159. The Kier molecular flexibility index (Phi) is 9.77. The molecular weight excluding hydrogens is 570 g/mol. The van der Waals surface area contributed by atoms with E-state index in [1.54, 1.807) is 24.3 Å². The number of nitrogens with zero attached hydrogens (tertiary/aromatic N) is 1. The number of H-pyrrole nitrogens is 2. The molecular formula is C34H41N7O4. The summed E-state index contributed by atoms with van der Waals surface area (Å²) in [5.41, 5.74) is 10.5. The minimum Gasteiger partial charge on any atom is -0.349 e. The third-order valence-electron chi connectivity index (χ3n) is 8.47. The number of pyridine rings is 1. The molecule has 2 heterocycles. The summed E-state index contributed by atoms with van der Waals surface area (Å²) in [7, 11) is 0. The van der Waals surface area contributed by atoms with Crippen molar-refractivity contribution in [1.82, 2.24) is 25.8 Å². The van der Waals surface area contributed by atoms with Gasteiger partial charge in [0.2, 0.25) is 11.8 Å². The Morgan fingerprint density at radius 1 is 0.956 bits per heavy atom. The van der Waals surface area contributed by atoms with Gasteiger partial charge in [0.1, 0.15) is 11.7 Å². The van der Waals surface area contributed by atoms with Gasteiger partial charge in [-0.25, -0.2) is 4.98 Å². The zero-order valence-corrected chi connectivity index (χ0v) is 25.9. The molecule has 0 bridgehead atoms. The number of benzene rings is 2. The molecule has 0 saturated heterocycles. The maximum absolute atomic E-state index is 13.6. The molecule has 11 heteroatoms. The van der Waals surface area contributed by atoms with E-state index in [1.807, 2.05) is 51.1 Å². The number of nitrogens with two attached hydrogens (primary N) is 1. The van der Waals surface area contributed by atoms with Crippen molar-refractivity contribution in [3.63, 3.8) is 0 Å². The van der Waals surface area contributed by atoms with Crippen molar-refractivity contribution in [3.8, 4) is 11.1 Å². The molecule has 11 nitrogen and oxygen atoms in total. The molecule has 1 aliphatic carbocycles. The van der Waals surface area contributed by atoms with Crippen LogP contribution in [0, 0.1) is 18.8 Å². The lowest BCUT2D eigenvalue weighted by atomic mass is 9.81. The molecule has 5 rings (SSSR count). The Labute approximate surface area is 261 Å². The first-order valence-electron chi connectivity index (χ1n) is 15.5. The third-order valence-corrected chi connectivity index (χ3v) is 8.47. The van der Waals surface area contributed by atoms with Crippen LogP contribution >= 0.6 is 0 Å². The van der Waals surface area contributed by atoms with Crippen molar-refractivity contribution in [2.75, 3.05) is 11.9 Å². The molecule has 1 fully saturated rings. The number of amides is 3. The zero-order valence-electron chi connectivity index (χ0n) is 25.9. The van der Waals surface area contributed by atoms with Crippen LogP contribution in [-0.4, -0.2) is 51.5 Å². The monoisotopic (exact) mass is 611 g/mol. The first-order chi connectivity index (χ1) is 21.6. The maximum atomic E-state index is 13.6. The van der Waals surface area contributed by atoms with E-state index in [0.29, 0.717) is 34.7 Å². The summed E-state index contributed by atoms with van der Waals surface area (Å²) in [5.74, 6) is -0.414. The van der Waals surface area contributed by atoms with Crippen molar-refractivity contribution < 1.29 is 14.4 Å². The standard InChI is InChI=1S/C34H41N7O4/c1-19(2)36-33(44)28-15-14-26(20(3)37-28)23-8-4-21(5-9-23)16-30(39-31(42)24-10-6-22(18-35)7-11-24)34(45)38-25-12-13-27-29(17-25)40-41-32(27)43/h4-5,8-9,12-15,17,19,22,24,30H,6-7,10-11,16,18,35H2,1-3H3,(H,36,44)(H,38,45)(H,39,42)(H2,40,41,43)/t22?,24?,30-/m0/s1. The van der Waals surface area contributed by atoms with Gasteiger partial charge >= 0.3 is 0 Å². The van der Waals surface area contributed by atoms with Gasteiger partial charge in [-0.1, -0.05) is 30.3 Å². The summed E-state index contributed by atoms with van der Waals surface area (Å²) in [4.78, 5) is 55.7. The van der Waals surface area contributed by atoms with Gasteiger partial charge < -0.3 is 21.7 Å². The summed E-state index contributed by atoms with van der Waals surface area (Å²) in [6.07, 6.45) is 3.59. The number of nitrogens with one attached hydrogen (secondary N) is 5. The molecule has 1 atom stereocenters. The third kappa shape index (κ3) is 7.66. The Bertz CT molecular complexity index is 1730. The van der Waals surface area contributed by atoms with Crippen LogP contribution in [0.1, 0.15) is 61.3 Å². The molecule has 7 N–H and O–H groups in total. The summed E-state index contributed by atoms with van der Waals surface area (Å²) in [6.45, 7) is 6.30. The van der Waals surface area contributed by atoms with E-state index in [1.165, 1.54) is 0 Å². The molecule has 45 heavy (non-hydrogen) atoms. The predicted octanol–water partition coefficient (Wildman–Crippen LogP) is 3.80. The van der Waals surface area contributed by atoms with Crippen molar-refractivity contribution >= 4 is 34.3 Å². The van der Waals surface area contributed by atoms with Crippen LogP contribution < -0.4 is 27.2 Å². The number of aromatic nitrogens is 3. The number of carbonyl (C=O) groups is 3. The molecule has 2 aromatic heterocycles. The van der Waals surface area contributed by atoms with Gasteiger partial charge in [-0.2, -0.15) is 0 Å². The highest BCUT2D eigenvalue weighted by Crippen LogP contribution is 2.29. The van der Waals surface area contributed by atoms with E-state index in [-0.39, 0.29) is 41.7 Å². The number of rotatable bonds is 10. The highest BCUT2D eigenvalue weighted by Gasteiger charge is 2.29. The summed E-state index contributed by atoms with van der Waals surface area (Å²) < 4.78 is 0. The van der Waals surface area contributed by atoms with E-state index < -0.39 is 6.04 Å². The van der Waals surface area contributed by atoms with Crippen LogP contribution in [0.5, 0.6) is 0 Å². The average molecular weight is 612 g/mol. The first-order valence-corrected chi connectivity index (χ1v) is 15.5. The van der Waals surface area contributed by atoms with Crippen LogP contribution in [0.4, 0.5) is 5.69 Å². The Balaban J connectivity index is 1.32. The van der Waals surface area contributed by atoms with E-state index >= 15 is 0 Å². The highest BCUT2D eigenvalue weighted by atomic mass is 16.2. The van der Waals surface area contributed by atoms with E-state index in [9.17, 15) is 19.2 Å². The molecule has 0 radical (unpaired) electrons. The predicted molar refractivity (Wildman–Crippen MR) is 175 cm³/mol. The van der Waals surface area contributed by atoms with Crippen LogP contribution in [0.2, 0.25) is 0 Å². The van der Waals surface area contributed by atoms with Gasteiger partial charge in [-0.3, -0.25) is 29.4 Å². The fourth-order valence-corrected chi connectivity index (χ4v) is 5.89. The number of aromatic amines is 2. The van der Waals surface area contributed by atoms with Crippen LogP contribution in [0.15, 0.2) is 59.4 Å². The van der Waals surface area contributed by atoms with Crippen molar-refractivity contribution in [2.45, 2.75) is 65.0 Å². The van der Waals surface area contributed by atoms with Gasteiger partial charge in [0.15, 0.2) is 0 Å². The molecule has 1 aliphatic rings. The fourth-order valence-electron chi connectivity index (χ4n) is 5.89. The highest BCUT2D eigenvalue weighted by molar-refractivity contribution is 5.99. The van der Waals surface area contributed by atoms with Crippen LogP contribution in [0.25, 0.3) is 22.0 Å². The lowest BCUT2D eigenvalue weighted by Gasteiger charge is -2.28. The molecule has 0 aliphatic heterocycles. The zero-order chi connectivity index (χ0) is 32.1. The maximum Gasteiger partial charge on any atom is 0.271 e. The number of aryl methyl sites for hydroxylation is 1. The number of fused-ring (bicyclic) bond motifs is 1. The molecule has 2 aromatic carbocycles. The second-order valence-electron chi connectivity index (χ2n) is 12.2. The van der Waals surface area contributed by atoms with Gasteiger partial charge in [-0.15, -0.1) is 0 Å². The van der Waals surface area contributed by atoms with E-state index in [2.05, 4.69) is 31.1 Å². The van der Waals surface area contributed by atoms with E-state index in [4.69, 9.17) is 5.73 Å². The average Bonchev–Trinajstić information content (AvgIpc) is 3.40. The molecule has 0 spiro atoms. The molecule has 0 unspecified atom stereocenters. The topological polar surface area (TPSA) is 175 Å². The number of hydrogen-bond acceptors (Lipinski definition) is 6. The summed E-state index contributed by atoms with van der Waals surface area (Å²) in [6, 6.07) is 15.6. The molecule has 1 saturated carbocycles. The number of anilines is 1. The van der Waals surface area contributed by atoms with Crippen molar-refractivity contribution in [3.05, 3.63) is 81.9 Å². The van der Waals surface area contributed by atoms with Gasteiger partial charge in [0, 0.05) is 35.3 Å². The molecule has 3 amide bonds. The lowest BCUT2D eigenvalue weighted by molar-refractivity contribution is -0.130. The second-order valence-corrected chi connectivity index (χ2v) is 12.2. The van der Waals surface area contributed by atoms with Crippen molar-refractivity contribution in [1.29, 1.82) is 0 Å². The van der Waals surface area contributed by atoms with Crippen LogP contribution in [-0.2, 0) is 16.0 Å².